The maximum Gasteiger partial charge on any atom is 0.338 e. The molecule has 0 aliphatic carbocycles. The van der Waals surface area contributed by atoms with Crippen LogP contribution in [0.15, 0.2) is 53.4 Å². The first-order chi connectivity index (χ1) is 13.4. The topological polar surface area (TPSA) is 90.0 Å². The number of sulfonamides is 1. The van der Waals surface area contributed by atoms with Crippen LogP contribution < -0.4 is 0 Å². The van der Waals surface area contributed by atoms with Gasteiger partial charge in [0, 0.05) is 23.7 Å². The van der Waals surface area contributed by atoms with Crippen LogP contribution in [-0.4, -0.2) is 57.4 Å². The second kappa shape index (κ2) is 8.83. The van der Waals surface area contributed by atoms with Gasteiger partial charge in [0.25, 0.3) is 0 Å². The van der Waals surface area contributed by atoms with Crippen LogP contribution >= 0.6 is 11.6 Å². The Morgan fingerprint density at radius 1 is 1.04 bits per heavy atom. The zero-order valence-electron chi connectivity index (χ0n) is 14.8. The highest BCUT2D eigenvalue weighted by molar-refractivity contribution is 7.89. The summed E-state index contributed by atoms with van der Waals surface area (Å²) in [5.74, 6) is -1.16. The lowest BCUT2D eigenvalue weighted by molar-refractivity contribution is 0.0474. The number of esters is 1. The molecule has 1 fully saturated rings. The van der Waals surface area contributed by atoms with Crippen LogP contribution in [0.2, 0.25) is 5.02 Å². The summed E-state index contributed by atoms with van der Waals surface area (Å²) in [4.78, 5) is 24.3. The number of carbonyl (C=O) groups excluding carboxylic acids is 2. The summed E-state index contributed by atoms with van der Waals surface area (Å²) in [5, 5.41) is 0.492. The smallest absolute Gasteiger partial charge is 0.338 e. The molecule has 1 saturated heterocycles. The highest BCUT2D eigenvalue weighted by atomic mass is 35.5. The van der Waals surface area contributed by atoms with Crippen molar-refractivity contribution in [3.05, 3.63) is 64.7 Å². The number of morpholine rings is 1. The van der Waals surface area contributed by atoms with Gasteiger partial charge in [0.15, 0.2) is 12.4 Å². The first-order valence-corrected chi connectivity index (χ1v) is 10.3. The molecule has 1 aliphatic rings. The summed E-state index contributed by atoms with van der Waals surface area (Å²) < 4.78 is 36.9. The van der Waals surface area contributed by atoms with Crippen molar-refractivity contribution in [2.45, 2.75) is 4.90 Å². The molecule has 0 N–H and O–H groups in total. The Hall–Kier alpha value is -2.26. The molecule has 1 heterocycles. The molecule has 0 bridgehead atoms. The maximum atomic E-state index is 12.7. The van der Waals surface area contributed by atoms with Gasteiger partial charge >= 0.3 is 5.97 Å². The number of nitrogens with zero attached hydrogens (tertiary/aromatic N) is 1. The number of carbonyl (C=O) groups is 2. The Bertz CT molecular complexity index is 968. The number of hydrogen-bond acceptors (Lipinski definition) is 6. The fourth-order valence-electron chi connectivity index (χ4n) is 2.65. The number of halogens is 1. The van der Waals surface area contributed by atoms with Gasteiger partial charge < -0.3 is 9.47 Å². The van der Waals surface area contributed by atoms with Crippen LogP contribution in [-0.2, 0) is 19.5 Å². The molecule has 28 heavy (non-hydrogen) atoms. The van der Waals surface area contributed by atoms with E-state index in [0.717, 1.165) is 0 Å². The van der Waals surface area contributed by atoms with E-state index < -0.39 is 22.6 Å². The monoisotopic (exact) mass is 423 g/mol. The lowest BCUT2D eigenvalue weighted by atomic mass is 10.1. The van der Waals surface area contributed by atoms with Crippen molar-refractivity contribution in [1.29, 1.82) is 0 Å². The van der Waals surface area contributed by atoms with Crippen molar-refractivity contribution in [1.82, 2.24) is 4.31 Å². The summed E-state index contributed by atoms with van der Waals surface area (Å²) in [6.07, 6.45) is 0. The lowest BCUT2D eigenvalue weighted by Gasteiger charge is -2.26. The van der Waals surface area contributed by atoms with E-state index in [4.69, 9.17) is 21.1 Å². The second-order valence-electron chi connectivity index (χ2n) is 6.05. The standard InChI is InChI=1S/C19H18ClNO6S/c20-16-6-4-14(5-7-16)18(22)13-27-19(23)15-2-1-3-17(12-15)28(24,25)21-8-10-26-11-9-21/h1-7,12H,8-11,13H2. The first kappa shape index (κ1) is 20.5. The molecule has 0 radical (unpaired) electrons. The van der Waals surface area contributed by atoms with Gasteiger partial charge in [0.05, 0.1) is 23.7 Å². The number of Topliss-reactive ketones (excluding diaryl/α,β-unsaturated/α-hetero) is 1. The summed E-state index contributed by atoms with van der Waals surface area (Å²) >= 11 is 5.78. The minimum atomic E-state index is -3.73. The Kier molecular flexibility index (Phi) is 6.46. The normalized spacial score (nSPS) is 15.2. The van der Waals surface area contributed by atoms with Crippen LogP contribution in [0.4, 0.5) is 0 Å². The molecule has 0 amide bonds. The number of ether oxygens (including phenoxy) is 2. The number of benzene rings is 2. The van der Waals surface area contributed by atoms with Gasteiger partial charge in [-0.25, -0.2) is 13.2 Å². The van der Waals surface area contributed by atoms with Crippen LogP contribution in [0.25, 0.3) is 0 Å². The lowest BCUT2D eigenvalue weighted by Crippen LogP contribution is -2.40. The third kappa shape index (κ3) is 4.77. The molecule has 2 aromatic rings. The molecule has 7 nitrogen and oxygen atoms in total. The molecule has 0 saturated carbocycles. The summed E-state index contributed by atoms with van der Waals surface area (Å²) in [7, 11) is -3.73. The highest BCUT2D eigenvalue weighted by Gasteiger charge is 2.27. The Morgan fingerprint density at radius 3 is 2.39 bits per heavy atom. The third-order valence-electron chi connectivity index (χ3n) is 4.18. The molecular formula is C19H18ClNO6S. The quantitative estimate of drug-likeness (QED) is 0.523. The summed E-state index contributed by atoms with van der Waals surface area (Å²) in [5.41, 5.74) is 0.416. The van der Waals surface area contributed by atoms with Crippen molar-refractivity contribution in [3.8, 4) is 0 Å². The number of ketones is 1. The Balaban J connectivity index is 1.68. The molecule has 3 rings (SSSR count). The largest absolute Gasteiger partial charge is 0.454 e. The average molecular weight is 424 g/mol. The SMILES string of the molecule is O=C(COC(=O)c1cccc(S(=O)(=O)N2CCOCC2)c1)c1ccc(Cl)cc1. The molecule has 9 heteroatoms. The first-order valence-electron chi connectivity index (χ1n) is 8.52. The van der Waals surface area contributed by atoms with Crippen molar-refractivity contribution in [3.63, 3.8) is 0 Å². The predicted octanol–water partition coefficient (Wildman–Crippen LogP) is 2.40. The maximum absolute atomic E-state index is 12.7. The Morgan fingerprint density at radius 2 is 1.71 bits per heavy atom. The highest BCUT2D eigenvalue weighted by Crippen LogP contribution is 2.19. The van der Waals surface area contributed by atoms with Gasteiger partial charge in [0.1, 0.15) is 0 Å². The van der Waals surface area contributed by atoms with E-state index in [1.54, 1.807) is 12.1 Å². The van der Waals surface area contributed by atoms with E-state index >= 15 is 0 Å². The van der Waals surface area contributed by atoms with Crippen molar-refractivity contribution >= 4 is 33.4 Å². The van der Waals surface area contributed by atoms with E-state index in [0.29, 0.717) is 23.8 Å². The molecule has 0 unspecified atom stereocenters. The van der Waals surface area contributed by atoms with E-state index in [9.17, 15) is 18.0 Å². The molecule has 148 valence electrons. The van der Waals surface area contributed by atoms with E-state index in [2.05, 4.69) is 0 Å². The molecule has 0 atom stereocenters. The van der Waals surface area contributed by atoms with Crippen LogP contribution in [0, 0.1) is 0 Å². The van der Waals surface area contributed by atoms with E-state index in [1.807, 2.05) is 0 Å². The number of rotatable bonds is 6. The van der Waals surface area contributed by atoms with Gasteiger partial charge in [-0.2, -0.15) is 4.31 Å². The molecule has 0 spiro atoms. The number of hydrogen-bond donors (Lipinski definition) is 0. The fourth-order valence-corrected chi connectivity index (χ4v) is 4.23. The van der Waals surface area contributed by atoms with E-state index in [1.165, 1.54) is 40.7 Å². The summed E-state index contributed by atoms with van der Waals surface area (Å²) in [6.45, 7) is 0.710. The third-order valence-corrected chi connectivity index (χ3v) is 6.32. The molecule has 0 aromatic heterocycles. The minimum absolute atomic E-state index is 0.00659. The zero-order valence-corrected chi connectivity index (χ0v) is 16.4. The molecular weight excluding hydrogens is 406 g/mol. The molecule has 2 aromatic carbocycles. The van der Waals surface area contributed by atoms with Gasteiger partial charge in [0.2, 0.25) is 10.0 Å². The van der Waals surface area contributed by atoms with Gasteiger partial charge in [-0.15, -0.1) is 0 Å². The summed E-state index contributed by atoms with van der Waals surface area (Å²) in [6, 6.07) is 11.8. The van der Waals surface area contributed by atoms with Crippen LogP contribution in [0.1, 0.15) is 20.7 Å². The van der Waals surface area contributed by atoms with Crippen LogP contribution in [0.3, 0.4) is 0 Å². The van der Waals surface area contributed by atoms with Gasteiger partial charge in [-0.1, -0.05) is 17.7 Å². The van der Waals surface area contributed by atoms with Crippen LogP contribution in [0.5, 0.6) is 0 Å². The van der Waals surface area contributed by atoms with Crippen molar-refractivity contribution in [2.75, 3.05) is 32.9 Å². The second-order valence-corrected chi connectivity index (χ2v) is 8.42. The van der Waals surface area contributed by atoms with Gasteiger partial charge in [-0.05, 0) is 42.5 Å². The van der Waals surface area contributed by atoms with Crippen molar-refractivity contribution in [2.24, 2.45) is 0 Å². The Labute approximate surface area is 167 Å². The van der Waals surface area contributed by atoms with Crippen molar-refractivity contribution < 1.29 is 27.5 Å². The predicted molar refractivity (Wildman–Crippen MR) is 102 cm³/mol. The minimum Gasteiger partial charge on any atom is -0.454 e. The van der Waals surface area contributed by atoms with E-state index in [-0.39, 0.29) is 29.3 Å². The van der Waals surface area contributed by atoms with Gasteiger partial charge in [-0.3, -0.25) is 4.79 Å². The average Bonchev–Trinajstić information content (AvgIpc) is 2.73. The molecule has 1 aliphatic heterocycles. The fraction of sp³-hybridized carbons (Fsp3) is 0.263. The zero-order chi connectivity index (χ0) is 20.1.